The van der Waals surface area contributed by atoms with E-state index in [1.54, 1.807) is 7.11 Å². The van der Waals surface area contributed by atoms with Crippen LogP contribution in [0, 0.1) is 0 Å². The van der Waals surface area contributed by atoms with Gasteiger partial charge in [-0.2, -0.15) is 0 Å². The number of ether oxygens (including phenoxy) is 1. The average molecular weight is 291 g/mol. The third-order valence-corrected chi connectivity index (χ3v) is 3.88. The maximum Gasteiger partial charge on any atom is 0.234 e. The minimum atomic E-state index is 0.0456. The van der Waals surface area contributed by atoms with Crippen molar-refractivity contribution in [3.8, 4) is 0 Å². The molecule has 0 aliphatic carbocycles. The molecular formula is C16H25N3O2. The Morgan fingerprint density at radius 2 is 2.29 bits per heavy atom. The van der Waals surface area contributed by atoms with E-state index in [1.807, 2.05) is 7.05 Å². The first-order valence-electron chi connectivity index (χ1n) is 7.46. The van der Waals surface area contributed by atoms with E-state index in [4.69, 9.17) is 4.74 Å². The number of carbonyl (C=O) groups is 1. The molecule has 0 aromatic heterocycles. The zero-order valence-corrected chi connectivity index (χ0v) is 12.9. The number of carbonyl (C=O) groups excluding carboxylic acids is 1. The lowest BCUT2D eigenvalue weighted by Gasteiger charge is -2.28. The lowest BCUT2D eigenvalue weighted by Crippen LogP contribution is -2.38. The second kappa shape index (κ2) is 8.12. The van der Waals surface area contributed by atoms with Gasteiger partial charge in [0, 0.05) is 26.2 Å². The molecule has 0 fully saturated rings. The second-order valence-corrected chi connectivity index (χ2v) is 5.44. The van der Waals surface area contributed by atoms with Crippen molar-refractivity contribution in [2.24, 2.45) is 0 Å². The minimum absolute atomic E-state index is 0.0456. The smallest absolute Gasteiger partial charge is 0.234 e. The molecule has 116 valence electrons. The van der Waals surface area contributed by atoms with Gasteiger partial charge in [-0.1, -0.05) is 24.3 Å². The molecule has 0 spiro atoms. The molecule has 1 aromatic carbocycles. The van der Waals surface area contributed by atoms with Crippen molar-refractivity contribution in [1.29, 1.82) is 0 Å². The topological polar surface area (TPSA) is 53.6 Å². The summed E-state index contributed by atoms with van der Waals surface area (Å²) in [6.07, 6.45) is 1.01. The molecule has 2 N–H and O–H groups in total. The number of likely N-dealkylation sites (N-methyl/N-ethyl adjacent to an activating group) is 1. The van der Waals surface area contributed by atoms with E-state index in [0.717, 1.165) is 19.5 Å². The lowest BCUT2D eigenvalue weighted by atomic mass is 9.98. The maximum atomic E-state index is 11.9. The van der Waals surface area contributed by atoms with Crippen LogP contribution in [0.5, 0.6) is 0 Å². The summed E-state index contributed by atoms with van der Waals surface area (Å²) in [4.78, 5) is 14.1. The molecule has 0 saturated heterocycles. The van der Waals surface area contributed by atoms with E-state index in [2.05, 4.69) is 39.8 Å². The highest BCUT2D eigenvalue weighted by Crippen LogP contribution is 2.27. The zero-order valence-electron chi connectivity index (χ0n) is 12.9. The Bertz CT molecular complexity index is 465. The minimum Gasteiger partial charge on any atom is -0.383 e. The molecule has 1 aliphatic heterocycles. The molecule has 1 atom stereocenters. The van der Waals surface area contributed by atoms with E-state index in [1.165, 1.54) is 11.1 Å². The Balaban J connectivity index is 1.98. The van der Waals surface area contributed by atoms with Gasteiger partial charge in [0.1, 0.15) is 0 Å². The number of benzene rings is 1. The number of rotatable bonds is 6. The van der Waals surface area contributed by atoms with Gasteiger partial charge in [0.05, 0.1) is 13.2 Å². The summed E-state index contributed by atoms with van der Waals surface area (Å²) in [5.74, 6) is 0.0456. The Labute approximate surface area is 126 Å². The fourth-order valence-electron chi connectivity index (χ4n) is 2.78. The molecule has 0 bridgehead atoms. The Morgan fingerprint density at radius 3 is 3.10 bits per heavy atom. The first kappa shape index (κ1) is 15.9. The molecule has 0 radical (unpaired) electrons. The summed E-state index contributed by atoms with van der Waals surface area (Å²) >= 11 is 0. The molecule has 5 heteroatoms. The first-order chi connectivity index (χ1) is 10.2. The van der Waals surface area contributed by atoms with Crippen LogP contribution in [0.25, 0.3) is 0 Å². The Kier molecular flexibility index (Phi) is 6.17. The zero-order chi connectivity index (χ0) is 15.1. The standard InChI is InChI=1S/C16H25N3O2/c1-19(12-16(20)18-9-10-21-2)15-7-8-17-11-13-5-3-4-6-14(13)15/h3-6,15,17H,7-12H2,1-2H3,(H,18,20). The van der Waals surface area contributed by atoms with E-state index in [-0.39, 0.29) is 11.9 Å². The Hall–Kier alpha value is -1.43. The van der Waals surface area contributed by atoms with E-state index in [0.29, 0.717) is 19.7 Å². The van der Waals surface area contributed by atoms with Gasteiger partial charge in [0.2, 0.25) is 5.91 Å². The van der Waals surface area contributed by atoms with Crippen LogP contribution in [0.3, 0.4) is 0 Å². The summed E-state index contributed by atoms with van der Waals surface area (Å²) in [5.41, 5.74) is 2.65. The SMILES string of the molecule is COCCNC(=O)CN(C)C1CCNCc2ccccc21. The summed E-state index contributed by atoms with van der Waals surface area (Å²) in [6.45, 7) is 3.38. The monoisotopic (exact) mass is 291 g/mol. The van der Waals surface area contributed by atoms with Crippen LogP contribution in [0.15, 0.2) is 24.3 Å². The number of nitrogens with one attached hydrogen (secondary N) is 2. The second-order valence-electron chi connectivity index (χ2n) is 5.44. The van der Waals surface area contributed by atoms with E-state index in [9.17, 15) is 4.79 Å². The molecule has 5 nitrogen and oxygen atoms in total. The van der Waals surface area contributed by atoms with Gasteiger partial charge in [-0.05, 0) is 31.1 Å². The van der Waals surface area contributed by atoms with Gasteiger partial charge >= 0.3 is 0 Å². The molecule has 1 unspecified atom stereocenters. The highest BCUT2D eigenvalue weighted by Gasteiger charge is 2.23. The third-order valence-electron chi connectivity index (χ3n) is 3.88. The van der Waals surface area contributed by atoms with Gasteiger partial charge in [0.25, 0.3) is 0 Å². The predicted octanol–water partition coefficient (Wildman–Crippen LogP) is 0.915. The van der Waals surface area contributed by atoms with Gasteiger partial charge in [-0.3, -0.25) is 9.69 Å². The van der Waals surface area contributed by atoms with Crippen molar-refractivity contribution < 1.29 is 9.53 Å². The van der Waals surface area contributed by atoms with Crippen LogP contribution in [-0.2, 0) is 16.1 Å². The summed E-state index contributed by atoms with van der Waals surface area (Å²) in [7, 11) is 3.65. The molecule has 1 aromatic rings. The highest BCUT2D eigenvalue weighted by molar-refractivity contribution is 5.78. The number of hydrogen-bond acceptors (Lipinski definition) is 4. The lowest BCUT2D eigenvalue weighted by molar-refractivity contribution is -0.122. The number of hydrogen-bond donors (Lipinski definition) is 2. The van der Waals surface area contributed by atoms with Crippen molar-refractivity contribution >= 4 is 5.91 Å². The largest absolute Gasteiger partial charge is 0.383 e. The van der Waals surface area contributed by atoms with Crippen LogP contribution < -0.4 is 10.6 Å². The van der Waals surface area contributed by atoms with Gasteiger partial charge in [-0.15, -0.1) is 0 Å². The first-order valence-corrected chi connectivity index (χ1v) is 7.46. The van der Waals surface area contributed by atoms with E-state index >= 15 is 0 Å². The number of methoxy groups -OCH3 is 1. The molecule has 2 rings (SSSR count). The van der Waals surface area contributed by atoms with Crippen molar-refractivity contribution in [2.45, 2.75) is 19.0 Å². The number of fused-ring (bicyclic) bond motifs is 1. The quantitative estimate of drug-likeness (QED) is 0.765. The average Bonchev–Trinajstić information content (AvgIpc) is 2.69. The van der Waals surface area contributed by atoms with Crippen molar-refractivity contribution in [3.63, 3.8) is 0 Å². The number of nitrogens with zero attached hydrogens (tertiary/aromatic N) is 1. The predicted molar refractivity (Wildman–Crippen MR) is 83.0 cm³/mol. The maximum absolute atomic E-state index is 11.9. The summed E-state index contributed by atoms with van der Waals surface area (Å²) in [5, 5.41) is 6.31. The van der Waals surface area contributed by atoms with Crippen molar-refractivity contribution in [1.82, 2.24) is 15.5 Å². The van der Waals surface area contributed by atoms with Crippen LogP contribution in [-0.4, -0.2) is 51.2 Å². The van der Waals surface area contributed by atoms with E-state index < -0.39 is 0 Å². The van der Waals surface area contributed by atoms with Crippen LogP contribution in [0.1, 0.15) is 23.6 Å². The Morgan fingerprint density at radius 1 is 1.48 bits per heavy atom. The van der Waals surface area contributed by atoms with Crippen LogP contribution in [0.4, 0.5) is 0 Å². The highest BCUT2D eigenvalue weighted by atomic mass is 16.5. The van der Waals surface area contributed by atoms with Gasteiger partial charge in [-0.25, -0.2) is 0 Å². The molecule has 0 saturated carbocycles. The fraction of sp³-hybridized carbons (Fsp3) is 0.562. The molecule has 1 amide bonds. The molecular weight excluding hydrogens is 266 g/mol. The van der Waals surface area contributed by atoms with Crippen molar-refractivity contribution in [3.05, 3.63) is 35.4 Å². The number of amides is 1. The summed E-state index contributed by atoms with van der Waals surface area (Å²) < 4.78 is 4.94. The summed E-state index contributed by atoms with van der Waals surface area (Å²) in [6, 6.07) is 8.76. The van der Waals surface area contributed by atoms with Gasteiger partial charge in [0.15, 0.2) is 0 Å². The molecule has 1 heterocycles. The molecule has 1 aliphatic rings. The van der Waals surface area contributed by atoms with Crippen LogP contribution >= 0.6 is 0 Å². The van der Waals surface area contributed by atoms with Crippen LogP contribution in [0.2, 0.25) is 0 Å². The van der Waals surface area contributed by atoms with Crippen molar-refractivity contribution in [2.75, 3.05) is 40.4 Å². The van der Waals surface area contributed by atoms with Gasteiger partial charge < -0.3 is 15.4 Å². The fourth-order valence-corrected chi connectivity index (χ4v) is 2.78. The third kappa shape index (κ3) is 4.52. The molecule has 21 heavy (non-hydrogen) atoms. The normalized spacial score (nSPS) is 18.1.